The number of nitrogens with zero attached hydrogens (tertiary/aromatic N) is 2. The minimum absolute atomic E-state index is 0.268. The first-order valence-corrected chi connectivity index (χ1v) is 5.91. The number of pyridine rings is 1. The largest absolute Gasteiger partial charge is 0.305 e. The van der Waals surface area contributed by atoms with Gasteiger partial charge in [0.1, 0.15) is 5.82 Å². The standard InChI is InChI=1S/C14H12N4O/c1-9-5-6-11-10(8-9)13(18-17-11)14(19)16-12-4-2-3-7-15-12/h2-8H,1H3,(H,17,18)(H,15,16,19). The number of nitrogens with one attached hydrogen (secondary N) is 2. The van der Waals surface area contributed by atoms with E-state index < -0.39 is 0 Å². The van der Waals surface area contributed by atoms with Gasteiger partial charge < -0.3 is 5.32 Å². The molecule has 3 rings (SSSR count). The minimum atomic E-state index is -0.268. The molecule has 0 saturated heterocycles. The van der Waals surface area contributed by atoms with Crippen LogP contribution in [0.4, 0.5) is 5.82 Å². The monoisotopic (exact) mass is 252 g/mol. The van der Waals surface area contributed by atoms with Crippen molar-refractivity contribution in [3.8, 4) is 0 Å². The van der Waals surface area contributed by atoms with E-state index in [1.165, 1.54) is 0 Å². The van der Waals surface area contributed by atoms with Crippen molar-refractivity contribution in [1.29, 1.82) is 0 Å². The van der Waals surface area contributed by atoms with Gasteiger partial charge >= 0.3 is 0 Å². The fraction of sp³-hybridized carbons (Fsp3) is 0.0714. The first-order chi connectivity index (χ1) is 9.24. The highest BCUT2D eigenvalue weighted by Gasteiger charge is 2.14. The maximum Gasteiger partial charge on any atom is 0.277 e. The van der Waals surface area contributed by atoms with Gasteiger partial charge in [-0.25, -0.2) is 4.98 Å². The molecule has 0 bridgehead atoms. The van der Waals surface area contributed by atoms with Crippen LogP contribution in [0.1, 0.15) is 16.1 Å². The summed E-state index contributed by atoms with van der Waals surface area (Å²) in [6.45, 7) is 1.98. The van der Waals surface area contributed by atoms with E-state index in [1.54, 1.807) is 18.3 Å². The molecule has 0 saturated carbocycles. The Hall–Kier alpha value is -2.69. The molecule has 0 spiro atoms. The van der Waals surface area contributed by atoms with Gasteiger partial charge in [0.2, 0.25) is 0 Å². The van der Waals surface area contributed by atoms with Crippen LogP contribution in [0.2, 0.25) is 0 Å². The number of hydrogen-bond acceptors (Lipinski definition) is 3. The quantitative estimate of drug-likeness (QED) is 0.736. The Morgan fingerprint density at radius 3 is 2.95 bits per heavy atom. The first-order valence-electron chi connectivity index (χ1n) is 5.91. The second-order valence-electron chi connectivity index (χ2n) is 4.29. The molecule has 0 aliphatic carbocycles. The molecule has 19 heavy (non-hydrogen) atoms. The summed E-state index contributed by atoms with van der Waals surface area (Å²) in [5.74, 6) is 0.242. The van der Waals surface area contributed by atoms with E-state index in [0.717, 1.165) is 16.5 Å². The zero-order valence-electron chi connectivity index (χ0n) is 10.3. The fourth-order valence-corrected chi connectivity index (χ4v) is 1.91. The summed E-state index contributed by atoms with van der Waals surface area (Å²) in [7, 11) is 0. The number of benzene rings is 1. The number of carbonyl (C=O) groups excluding carboxylic acids is 1. The van der Waals surface area contributed by atoms with Gasteiger partial charge in [-0.1, -0.05) is 17.7 Å². The van der Waals surface area contributed by atoms with Crippen LogP contribution in [0.3, 0.4) is 0 Å². The van der Waals surface area contributed by atoms with E-state index in [4.69, 9.17) is 0 Å². The maximum absolute atomic E-state index is 12.2. The molecule has 2 aromatic heterocycles. The maximum atomic E-state index is 12.2. The van der Waals surface area contributed by atoms with Crippen molar-refractivity contribution in [3.63, 3.8) is 0 Å². The SMILES string of the molecule is Cc1ccc2[nH]nc(C(=O)Nc3ccccn3)c2c1. The molecular weight excluding hydrogens is 240 g/mol. The Balaban J connectivity index is 1.96. The molecule has 0 aliphatic heterocycles. The molecule has 0 atom stereocenters. The summed E-state index contributed by atoms with van der Waals surface area (Å²) in [5.41, 5.74) is 2.31. The Morgan fingerprint density at radius 1 is 1.26 bits per heavy atom. The summed E-state index contributed by atoms with van der Waals surface area (Å²) >= 11 is 0. The predicted molar refractivity (Wildman–Crippen MR) is 73.0 cm³/mol. The van der Waals surface area contributed by atoms with Gasteiger partial charge in [-0.3, -0.25) is 9.89 Å². The molecule has 0 fully saturated rings. The lowest BCUT2D eigenvalue weighted by atomic mass is 10.1. The van der Waals surface area contributed by atoms with Crippen LogP contribution < -0.4 is 5.32 Å². The Bertz CT molecular complexity index is 734. The molecule has 1 aromatic carbocycles. The van der Waals surface area contributed by atoms with E-state index in [2.05, 4.69) is 20.5 Å². The summed E-state index contributed by atoms with van der Waals surface area (Å²) in [5, 5.41) is 10.5. The van der Waals surface area contributed by atoms with Crippen molar-refractivity contribution >= 4 is 22.6 Å². The van der Waals surface area contributed by atoms with Gasteiger partial charge in [-0.2, -0.15) is 5.10 Å². The topological polar surface area (TPSA) is 70.7 Å². The highest BCUT2D eigenvalue weighted by molar-refractivity contribution is 6.10. The summed E-state index contributed by atoms with van der Waals surface area (Å²) < 4.78 is 0. The number of fused-ring (bicyclic) bond motifs is 1. The highest BCUT2D eigenvalue weighted by atomic mass is 16.2. The van der Waals surface area contributed by atoms with Crippen molar-refractivity contribution < 1.29 is 4.79 Å². The molecule has 0 unspecified atom stereocenters. The third kappa shape index (κ3) is 2.18. The van der Waals surface area contributed by atoms with Crippen molar-refractivity contribution in [2.45, 2.75) is 6.92 Å². The molecule has 5 nitrogen and oxygen atoms in total. The molecule has 2 heterocycles. The number of hydrogen-bond donors (Lipinski definition) is 2. The number of anilines is 1. The van der Waals surface area contributed by atoms with E-state index in [9.17, 15) is 4.79 Å². The van der Waals surface area contributed by atoms with E-state index >= 15 is 0 Å². The number of aryl methyl sites for hydroxylation is 1. The smallest absolute Gasteiger partial charge is 0.277 e. The van der Waals surface area contributed by atoms with Crippen molar-refractivity contribution in [1.82, 2.24) is 15.2 Å². The molecule has 94 valence electrons. The number of aromatic amines is 1. The van der Waals surface area contributed by atoms with Crippen LogP contribution in [0.15, 0.2) is 42.6 Å². The zero-order chi connectivity index (χ0) is 13.2. The lowest BCUT2D eigenvalue weighted by Gasteiger charge is -2.01. The number of amides is 1. The molecule has 3 aromatic rings. The van der Waals surface area contributed by atoms with Gasteiger partial charge in [-0.05, 0) is 31.2 Å². The van der Waals surface area contributed by atoms with Crippen LogP contribution in [0.25, 0.3) is 10.9 Å². The first kappa shape index (κ1) is 11.4. The van der Waals surface area contributed by atoms with Crippen LogP contribution >= 0.6 is 0 Å². The molecular formula is C14H12N4O. The van der Waals surface area contributed by atoms with Crippen LogP contribution in [-0.4, -0.2) is 21.1 Å². The number of H-pyrrole nitrogens is 1. The summed E-state index contributed by atoms with van der Waals surface area (Å²) in [4.78, 5) is 16.2. The van der Waals surface area contributed by atoms with Crippen LogP contribution in [0, 0.1) is 6.92 Å². The minimum Gasteiger partial charge on any atom is -0.305 e. The fourth-order valence-electron chi connectivity index (χ4n) is 1.91. The van der Waals surface area contributed by atoms with Crippen molar-refractivity contribution in [3.05, 3.63) is 53.9 Å². The zero-order valence-corrected chi connectivity index (χ0v) is 10.3. The highest BCUT2D eigenvalue weighted by Crippen LogP contribution is 2.18. The van der Waals surface area contributed by atoms with Gasteiger partial charge in [0.25, 0.3) is 5.91 Å². The Morgan fingerprint density at radius 2 is 2.16 bits per heavy atom. The average Bonchev–Trinajstić information content (AvgIpc) is 2.82. The normalized spacial score (nSPS) is 10.6. The van der Waals surface area contributed by atoms with E-state index in [0.29, 0.717) is 11.5 Å². The predicted octanol–water partition coefficient (Wildman–Crippen LogP) is 2.52. The third-order valence-corrected chi connectivity index (χ3v) is 2.84. The van der Waals surface area contributed by atoms with Crippen LogP contribution in [0.5, 0.6) is 0 Å². The second-order valence-corrected chi connectivity index (χ2v) is 4.29. The molecule has 0 radical (unpaired) electrons. The average molecular weight is 252 g/mol. The molecule has 0 aliphatic rings. The summed E-state index contributed by atoms with van der Waals surface area (Å²) in [6, 6.07) is 11.2. The third-order valence-electron chi connectivity index (χ3n) is 2.84. The second kappa shape index (κ2) is 4.53. The molecule has 5 heteroatoms. The Kier molecular flexibility index (Phi) is 2.72. The van der Waals surface area contributed by atoms with E-state index in [1.807, 2.05) is 31.2 Å². The van der Waals surface area contributed by atoms with Crippen LogP contribution in [-0.2, 0) is 0 Å². The van der Waals surface area contributed by atoms with Crippen molar-refractivity contribution in [2.24, 2.45) is 0 Å². The van der Waals surface area contributed by atoms with Gasteiger partial charge in [0, 0.05) is 11.6 Å². The van der Waals surface area contributed by atoms with Gasteiger partial charge in [-0.15, -0.1) is 0 Å². The van der Waals surface area contributed by atoms with Gasteiger partial charge in [0.05, 0.1) is 5.52 Å². The molecule has 1 amide bonds. The lowest BCUT2D eigenvalue weighted by molar-refractivity contribution is 0.102. The van der Waals surface area contributed by atoms with Gasteiger partial charge in [0.15, 0.2) is 5.69 Å². The molecule has 2 N–H and O–H groups in total. The van der Waals surface area contributed by atoms with Crippen molar-refractivity contribution in [2.75, 3.05) is 5.32 Å². The summed E-state index contributed by atoms with van der Waals surface area (Å²) in [6.07, 6.45) is 1.63. The Labute approximate surface area is 109 Å². The number of rotatable bonds is 2. The lowest BCUT2D eigenvalue weighted by Crippen LogP contribution is -2.13. The van der Waals surface area contributed by atoms with E-state index in [-0.39, 0.29) is 5.91 Å². The number of aromatic nitrogens is 3. The number of carbonyl (C=O) groups is 1.